The Morgan fingerprint density at radius 1 is 0.880 bits per heavy atom. The van der Waals surface area contributed by atoms with E-state index in [1.165, 1.54) is 30.3 Å². The fourth-order valence-corrected chi connectivity index (χ4v) is 2.35. The molecular formula is C19H13F3O3. The Morgan fingerprint density at radius 3 is 2.28 bits per heavy atom. The van der Waals surface area contributed by atoms with Crippen LogP contribution in [0.2, 0.25) is 0 Å². The number of carbonyl (C=O) groups is 1. The maximum Gasteiger partial charge on any atom is 0.343 e. The largest absolute Gasteiger partial charge is 0.494 e. The molecule has 0 saturated carbocycles. The summed E-state index contributed by atoms with van der Waals surface area (Å²) in [7, 11) is 0. The summed E-state index contributed by atoms with van der Waals surface area (Å²) in [5.41, 5.74) is 0.0896. The first kappa shape index (κ1) is 16.8. The molecule has 0 aromatic heterocycles. The minimum absolute atomic E-state index is 0.0896. The van der Waals surface area contributed by atoms with E-state index in [-0.39, 0.29) is 11.3 Å². The molecule has 0 aliphatic heterocycles. The lowest BCUT2D eigenvalue weighted by Gasteiger charge is -2.08. The fourth-order valence-electron chi connectivity index (χ4n) is 2.35. The van der Waals surface area contributed by atoms with Gasteiger partial charge in [0.25, 0.3) is 0 Å². The van der Waals surface area contributed by atoms with Gasteiger partial charge in [0.2, 0.25) is 0 Å². The van der Waals surface area contributed by atoms with Gasteiger partial charge < -0.3 is 9.47 Å². The van der Waals surface area contributed by atoms with E-state index in [9.17, 15) is 18.0 Å². The molecular weight excluding hydrogens is 333 g/mol. The normalized spacial score (nSPS) is 10.7. The van der Waals surface area contributed by atoms with Gasteiger partial charge >= 0.3 is 5.97 Å². The summed E-state index contributed by atoms with van der Waals surface area (Å²) in [6.07, 6.45) is 0. The average Bonchev–Trinajstić information content (AvgIpc) is 2.58. The van der Waals surface area contributed by atoms with Crippen molar-refractivity contribution < 1.29 is 27.4 Å². The molecule has 0 fully saturated rings. The van der Waals surface area contributed by atoms with Crippen molar-refractivity contribution in [3.05, 3.63) is 71.5 Å². The number of benzene rings is 3. The van der Waals surface area contributed by atoms with Crippen LogP contribution in [0, 0.1) is 17.5 Å². The molecule has 0 heterocycles. The van der Waals surface area contributed by atoms with Gasteiger partial charge in [0.1, 0.15) is 5.75 Å². The second kappa shape index (κ2) is 6.84. The maximum absolute atomic E-state index is 14.0. The van der Waals surface area contributed by atoms with Crippen LogP contribution in [-0.4, -0.2) is 12.6 Å². The smallest absolute Gasteiger partial charge is 0.343 e. The van der Waals surface area contributed by atoms with Crippen LogP contribution in [0.5, 0.6) is 11.5 Å². The highest BCUT2D eigenvalue weighted by Crippen LogP contribution is 2.25. The maximum atomic E-state index is 14.0. The molecule has 0 atom stereocenters. The first-order valence-electron chi connectivity index (χ1n) is 7.51. The van der Waals surface area contributed by atoms with Crippen LogP contribution in [-0.2, 0) is 0 Å². The third-order valence-electron chi connectivity index (χ3n) is 3.53. The van der Waals surface area contributed by atoms with E-state index in [1.54, 1.807) is 6.92 Å². The van der Waals surface area contributed by atoms with E-state index < -0.39 is 23.4 Å². The van der Waals surface area contributed by atoms with Gasteiger partial charge in [0, 0.05) is 6.07 Å². The van der Waals surface area contributed by atoms with Gasteiger partial charge in [-0.1, -0.05) is 6.07 Å². The molecule has 3 aromatic carbocycles. The molecule has 6 heteroatoms. The summed E-state index contributed by atoms with van der Waals surface area (Å²) in [4.78, 5) is 12.2. The average molecular weight is 346 g/mol. The number of esters is 1. The molecule has 0 spiro atoms. The highest BCUT2D eigenvalue weighted by molar-refractivity contribution is 5.96. The lowest BCUT2D eigenvalue weighted by molar-refractivity contribution is 0.0727. The van der Waals surface area contributed by atoms with Crippen LogP contribution >= 0.6 is 0 Å². The monoisotopic (exact) mass is 346 g/mol. The zero-order valence-electron chi connectivity index (χ0n) is 13.2. The molecule has 0 unspecified atom stereocenters. The van der Waals surface area contributed by atoms with Crippen LogP contribution in [0.4, 0.5) is 13.2 Å². The lowest BCUT2D eigenvalue weighted by atomic mass is 10.1. The number of hydrogen-bond donors (Lipinski definition) is 0. The van der Waals surface area contributed by atoms with Crippen molar-refractivity contribution in [1.29, 1.82) is 0 Å². The number of fused-ring (bicyclic) bond motifs is 1. The van der Waals surface area contributed by atoms with E-state index in [0.29, 0.717) is 23.1 Å². The van der Waals surface area contributed by atoms with Crippen molar-refractivity contribution >= 4 is 16.7 Å². The third kappa shape index (κ3) is 3.57. The van der Waals surface area contributed by atoms with Crippen molar-refractivity contribution in [1.82, 2.24) is 0 Å². The Kier molecular flexibility index (Phi) is 4.61. The van der Waals surface area contributed by atoms with E-state index in [2.05, 4.69) is 0 Å². The second-order valence-electron chi connectivity index (χ2n) is 5.24. The summed E-state index contributed by atoms with van der Waals surface area (Å²) < 4.78 is 50.7. The zero-order chi connectivity index (χ0) is 18.0. The molecule has 0 radical (unpaired) electrons. The topological polar surface area (TPSA) is 35.5 Å². The van der Waals surface area contributed by atoms with Gasteiger partial charge in [-0.15, -0.1) is 0 Å². The van der Waals surface area contributed by atoms with Gasteiger partial charge in [-0.2, -0.15) is 0 Å². The zero-order valence-corrected chi connectivity index (χ0v) is 13.2. The van der Waals surface area contributed by atoms with E-state index >= 15 is 0 Å². The van der Waals surface area contributed by atoms with Crippen LogP contribution in [0.3, 0.4) is 0 Å². The van der Waals surface area contributed by atoms with Crippen molar-refractivity contribution in [3.8, 4) is 11.5 Å². The van der Waals surface area contributed by atoms with Crippen LogP contribution < -0.4 is 9.47 Å². The predicted molar refractivity (Wildman–Crippen MR) is 86.4 cm³/mol. The first-order chi connectivity index (χ1) is 12.0. The Hall–Kier alpha value is -3.02. The summed E-state index contributed by atoms with van der Waals surface area (Å²) in [6, 6.07) is 10.1. The highest BCUT2D eigenvalue weighted by atomic mass is 19.2. The first-order valence-corrected chi connectivity index (χ1v) is 7.51. The molecule has 0 N–H and O–H groups in total. The van der Waals surface area contributed by atoms with Gasteiger partial charge in [-0.25, -0.2) is 18.0 Å². The van der Waals surface area contributed by atoms with Crippen molar-refractivity contribution in [2.24, 2.45) is 0 Å². The summed E-state index contributed by atoms with van der Waals surface area (Å²) >= 11 is 0. The molecule has 25 heavy (non-hydrogen) atoms. The molecule has 128 valence electrons. The minimum Gasteiger partial charge on any atom is -0.494 e. The Labute approximate surface area is 141 Å². The van der Waals surface area contributed by atoms with Gasteiger partial charge in [0.15, 0.2) is 23.2 Å². The standard InChI is InChI=1S/C19H13F3O3/c1-2-24-14-5-6-18(17(22)10-14)25-19(23)12-4-3-11-8-15(20)16(21)9-13(11)7-12/h3-10H,2H2,1H3. The molecule has 3 aromatic rings. The lowest BCUT2D eigenvalue weighted by Crippen LogP contribution is -2.09. The summed E-state index contributed by atoms with van der Waals surface area (Å²) in [5, 5.41) is 0.767. The summed E-state index contributed by atoms with van der Waals surface area (Å²) in [6.45, 7) is 2.15. The fraction of sp³-hybridized carbons (Fsp3) is 0.105. The summed E-state index contributed by atoms with van der Waals surface area (Å²) in [5.74, 6) is -3.47. The number of rotatable bonds is 4. The van der Waals surface area contributed by atoms with Gasteiger partial charge in [-0.05, 0) is 54.1 Å². The molecule has 0 amide bonds. The van der Waals surface area contributed by atoms with E-state index in [4.69, 9.17) is 9.47 Å². The van der Waals surface area contributed by atoms with Crippen molar-refractivity contribution in [3.63, 3.8) is 0 Å². The SMILES string of the molecule is CCOc1ccc(OC(=O)c2ccc3cc(F)c(F)cc3c2)c(F)c1. The van der Waals surface area contributed by atoms with Gasteiger partial charge in [0.05, 0.1) is 12.2 Å². The number of ether oxygens (including phenoxy) is 2. The minimum atomic E-state index is -1.02. The van der Waals surface area contributed by atoms with Gasteiger partial charge in [-0.3, -0.25) is 0 Å². The Bertz CT molecular complexity index is 954. The Morgan fingerprint density at radius 2 is 1.60 bits per heavy atom. The van der Waals surface area contributed by atoms with Crippen LogP contribution in [0.1, 0.15) is 17.3 Å². The van der Waals surface area contributed by atoms with Crippen LogP contribution in [0.15, 0.2) is 48.5 Å². The van der Waals surface area contributed by atoms with Crippen molar-refractivity contribution in [2.45, 2.75) is 6.92 Å². The predicted octanol–water partition coefficient (Wildman–Crippen LogP) is 4.88. The number of hydrogen-bond acceptors (Lipinski definition) is 3. The van der Waals surface area contributed by atoms with Crippen molar-refractivity contribution in [2.75, 3.05) is 6.61 Å². The molecule has 0 aliphatic carbocycles. The van der Waals surface area contributed by atoms with E-state index in [1.807, 2.05) is 0 Å². The second-order valence-corrected chi connectivity index (χ2v) is 5.24. The number of halogens is 3. The molecule has 0 bridgehead atoms. The third-order valence-corrected chi connectivity index (χ3v) is 3.53. The van der Waals surface area contributed by atoms with E-state index in [0.717, 1.165) is 18.2 Å². The molecule has 0 saturated heterocycles. The number of carbonyl (C=O) groups excluding carboxylic acids is 1. The molecule has 3 nitrogen and oxygen atoms in total. The van der Waals surface area contributed by atoms with Crippen LogP contribution in [0.25, 0.3) is 10.8 Å². The Balaban J connectivity index is 1.86. The molecule has 0 aliphatic rings. The quantitative estimate of drug-likeness (QED) is 0.499. The highest BCUT2D eigenvalue weighted by Gasteiger charge is 2.14. The molecule has 3 rings (SSSR count).